The first-order valence-electron chi connectivity index (χ1n) is 7.14. The Kier molecular flexibility index (Phi) is 5.20. The second-order valence-corrected chi connectivity index (χ2v) is 5.87. The number of rotatable bonds is 4. The van der Waals surface area contributed by atoms with Gasteiger partial charge in [-0.1, -0.05) is 20.3 Å². The normalized spacial score (nSPS) is 26.6. The van der Waals surface area contributed by atoms with Crippen molar-refractivity contribution < 1.29 is 14.7 Å². The van der Waals surface area contributed by atoms with E-state index in [1.807, 2.05) is 13.8 Å². The lowest BCUT2D eigenvalue weighted by Gasteiger charge is -2.39. The molecule has 1 fully saturated rings. The molecule has 5 heteroatoms. The maximum Gasteiger partial charge on any atom is 0.329 e. The predicted molar refractivity (Wildman–Crippen MR) is 74.0 cm³/mol. The number of amides is 2. The SMILES string of the molecule is CCCC(C)(NC(=O)N1CCCC(C)C1C)C(=O)O. The standard InChI is InChI=1S/C14H26N2O3/c1-5-8-14(4,12(17)18)15-13(19)16-9-6-7-10(2)11(16)3/h10-11H,5-9H2,1-4H3,(H,15,19)(H,17,18). The van der Waals surface area contributed by atoms with E-state index >= 15 is 0 Å². The molecule has 1 rings (SSSR count). The molecule has 0 aromatic rings. The van der Waals surface area contributed by atoms with Gasteiger partial charge in [-0.15, -0.1) is 0 Å². The van der Waals surface area contributed by atoms with Crippen LogP contribution in [0.25, 0.3) is 0 Å². The summed E-state index contributed by atoms with van der Waals surface area (Å²) in [6, 6.07) is -0.0918. The first-order chi connectivity index (χ1) is 8.81. The first kappa shape index (κ1) is 15.8. The summed E-state index contributed by atoms with van der Waals surface area (Å²) in [5.41, 5.74) is -1.17. The molecule has 0 bridgehead atoms. The highest BCUT2D eigenvalue weighted by molar-refractivity contribution is 5.86. The molecule has 2 amide bonds. The highest BCUT2D eigenvalue weighted by Gasteiger charge is 2.37. The van der Waals surface area contributed by atoms with Crippen molar-refractivity contribution in [2.75, 3.05) is 6.54 Å². The minimum Gasteiger partial charge on any atom is -0.480 e. The Hall–Kier alpha value is -1.26. The lowest BCUT2D eigenvalue weighted by Crippen LogP contribution is -2.59. The van der Waals surface area contributed by atoms with Gasteiger partial charge in [-0.2, -0.15) is 0 Å². The predicted octanol–water partition coefficient (Wildman–Crippen LogP) is 2.46. The number of carbonyl (C=O) groups is 2. The molecular formula is C14H26N2O3. The fourth-order valence-corrected chi connectivity index (χ4v) is 2.65. The number of hydrogen-bond donors (Lipinski definition) is 2. The molecule has 1 saturated heterocycles. The Balaban J connectivity index is 2.74. The van der Waals surface area contributed by atoms with Gasteiger partial charge < -0.3 is 15.3 Å². The molecule has 0 aromatic carbocycles. The third-order valence-electron chi connectivity index (χ3n) is 4.24. The van der Waals surface area contributed by atoms with E-state index in [2.05, 4.69) is 12.2 Å². The van der Waals surface area contributed by atoms with E-state index in [1.165, 1.54) is 0 Å². The molecule has 1 heterocycles. The first-order valence-corrected chi connectivity index (χ1v) is 7.14. The van der Waals surface area contributed by atoms with Gasteiger partial charge >= 0.3 is 12.0 Å². The molecule has 110 valence electrons. The van der Waals surface area contributed by atoms with Gasteiger partial charge in [0.1, 0.15) is 5.54 Å². The molecule has 0 saturated carbocycles. The summed E-state index contributed by atoms with van der Waals surface area (Å²) in [7, 11) is 0. The second-order valence-electron chi connectivity index (χ2n) is 5.87. The Morgan fingerprint density at radius 1 is 1.42 bits per heavy atom. The minimum absolute atomic E-state index is 0.161. The summed E-state index contributed by atoms with van der Waals surface area (Å²) in [4.78, 5) is 25.4. The lowest BCUT2D eigenvalue weighted by atomic mass is 9.92. The number of likely N-dealkylation sites (tertiary alicyclic amines) is 1. The van der Waals surface area contributed by atoms with Crippen LogP contribution >= 0.6 is 0 Å². The number of carbonyl (C=O) groups excluding carboxylic acids is 1. The highest BCUT2D eigenvalue weighted by Crippen LogP contribution is 2.23. The molecule has 1 aliphatic heterocycles. The van der Waals surface area contributed by atoms with Gasteiger partial charge in [0.25, 0.3) is 0 Å². The summed E-state index contributed by atoms with van der Waals surface area (Å²) < 4.78 is 0. The van der Waals surface area contributed by atoms with Crippen molar-refractivity contribution in [2.45, 2.75) is 65.0 Å². The molecular weight excluding hydrogens is 244 g/mol. The van der Waals surface area contributed by atoms with Crippen LogP contribution in [0.2, 0.25) is 0 Å². The van der Waals surface area contributed by atoms with Crippen LogP contribution in [0.5, 0.6) is 0 Å². The zero-order valence-electron chi connectivity index (χ0n) is 12.4. The third-order valence-corrected chi connectivity index (χ3v) is 4.24. The van der Waals surface area contributed by atoms with Gasteiger partial charge in [-0.3, -0.25) is 0 Å². The number of nitrogens with one attached hydrogen (secondary N) is 1. The van der Waals surface area contributed by atoms with E-state index in [4.69, 9.17) is 0 Å². The average Bonchev–Trinajstić information content (AvgIpc) is 2.32. The summed E-state index contributed by atoms with van der Waals surface area (Å²) in [5.74, 6) is -0.512. The number of hydrogen-bond acceptors (Lipinski definition) is 2. The number of nitrogens with zero attached hydrogens (tertiary/aromatic N) is 1. The number of carboxylic acids is 1. The zero-order valence-corrected chi connectivity index (χ0v) is 12.4. The number of urea groups is 1. The number of piperidine rings is 1. The molecule has 0 aromatic heterocycles. The fraction of sp³-hybridized carbons (Fsp3) is 0.857. The maximum absolute atomic E-state index is 12.3. The Labute approximate surface area is 115 Å². The van der Waals surface area contributed by atoms with E-state index in [9.17, 15) is 14.7 Å². The summed E-state index contributed by atoms with van der Waals surface area (Å²) in [5, 5.41) is 12.0. The van der Waals surface area contributed by atoms with Crippen LogP contribution in [0.1, 0.15) is 53.4 Å². The van der Waals surface area contributed by atoms with Crippen LogP contribution in [0, 0.1) is 5.92 Å². The van der Waals surface area contributed by atoms with Crippen molar-refractivity contribution in [3.63, 3.8) is 0 Å². The van der Waals surface area contributed by atoms with Crippen LogP contribution in [0.3, 0.4) is 0 Å². The Bertz CT molecular complexity index is 346. The molecule has 0 radical (unpaired) electrons. The van der Waals surface area contributed by atoms with Crippen LogP contribution in [0.15, 0.2) is 0 Å². The molecule has 19 heavy (non-hydrogen) atoms. The van der Waals surface area contributed by atoms with Gasteiger partial charge in [0.05, 0.1) is 0 Å². The molecule has 2 N–H and O–H groups in total. The van der Waals surface area contributed by atoms with Crippen molar-refractivity contribution in [1.29, 1.82) is 0 Å². The van der Waals surface area contributed by atoms with E-state index in [0.29, 0.717) is 18.9 Å². The van der Waals surface area contributed by atoms with Gasteiger partial charge in [-0.05, 0) is 39.0 Å². The minimum atomic E-state index is -1.17. The van der Waals surface area contributed by atoms with Gasteiger partial charge in [-0.25, -0.2) is 9.59 Å². The molecule has 3 unspecified atom stereocenters. The second kappa shape index (κ2) is 6.26. The van der Waals surface area contributed by atoms with E-state index in [-0.39, 0.29) is 12.1 Å². The average molecular weight is 270 g/mol. The topological polar surface area (TPSA) is 69.6 Å². The smallest absolute Gasteiger partial charge is 0.329 e. The van der Waals surface area contributed by atoms with E-state index < -0.39 is 11.5 Å². The maximum atomic E-state index is 12.3. The van der Waals surface area contributed by atoms with Crippen molar-refractivity contribution in [3.8, 4) is 0 Å². The molecule has 3 atom stereocenters. The van der Waals surface area contributed by atoms with E-state index in [1.54, 1.807) is 11.8 Å². The van der Waals surface area contributed by atoms with Gasteiger partial charge in [0.2, 0.25) is 0 Å². The van der Waals surface area contributed by atoms with Crippen LogP contribution in [0.4, 0.5) is 4.79 Å². The summed E-state index contributed by atoms with van der Waals surface area (Å²) in [6.07, 6.45) is 3.26. The van der Waals surface area contributed by atoms with Gasteiger partial charge in [0, 0.05) is 12.6 Å². The number of aliphatic carboxylic acids is 1. The van der Waals surface area contributed by atoms with Crippen LogP contribution in [-0.2, 0) is 4.79 Å². The van der Waals surface area contributed by atoms with E-state index in [0.717, 1.165) is 19.3 Å². The number of carboxylic acid groups (broad SMARTS) is 1. The van der Waals surface area contributed by atoms with Crippen molar-refractivity contribution >= 4 is 12.0 Å². The fourth-order valence-electron chi connectivity index (χ4n) is 2.65. The molecule has 5 nitrogen and oxygen atoms in total. The summed E-state index contributed by atoms with van der Waals surface area (Å²) in [6.45, 7) is 8.36. The molecule has 1 aliphatic rings. The van der Waals surface area contributed by atoms with Crippen LogP contribution in [-0.4, -0.2) is 40.1 Å². The molecule has 0 aliphatic carbocycles. The van der Waals surface area contributed by atoms with Crippen LogP contribution < -0.4 is 5.32 Å². The molecule has 0 spiro atoms. The van der Waals surface area contributed by atoms with Crippen molar-refractivity contribution in [1.82, 2.24) is 10.2 Å². The Morgan fingerprint density at radius 2 is 2.05 bits per heavy atom. The van der Waals surface area contributed by atoms with Gasteiger partial charge in [0.15, 0.2) is 0 Å². The quantitative estimate of drug-likeness (QED) is 0.824. The van der Waals surface area contributed by atoms with Crippen molar-refractivity contribution in [2.24, 2.45) is 5.92 Å². The third kappa shape index (κ3) is 3.61. The lowest BCUT2D eigenvalue weighted by molar-refractivity contribution is -0.144. The van der Waals surface area contributed by atoms with Crippen molar-refractivity contribution in [3.05, 3.63) is 0 Å². The Morgan fingerprint density at radius 3 is 2.58 bits per heavy atom. The zero-order chi connectivity index (χ0) is 14.6. The highest BCUT2D eigenvalue weighted by atomic mass is 16.4. The largest absolute Gasteiger partial charge is 0.480 e. The summed E-state index contributed by atoms with van der Waals surface area (Å²) >= 11 is 0. The monoisotopic (exact) mass is 270 g/mol.